The fourth-order valence-corrected chi connectivity index (χ4v) is 4.67. The molecular weight excluding hydrogens is 364 g/mol. The van der Waals surface area contributed by atoms with Gasteiger partial charge in [-0.15, -0.1) is 0 Å². The van der Waals surface area contributed by atoms with E-state index in [0.717, 1.165) is 18.8 Å². The quantitative estimate of drug-likeness (QED) is 0.631. The summed E-state index contributed by atoms with van der Waals surface area (Å²) >= 11 is 12.8. The van der Waals surface area contributed by atoms with Gasteiger partial charge in [0.1, 0.15) is 23.1 Å². The molecule has 6 rings (SSSR count). The van der Waals surface area contributed by atoms with E-state index in [1.807, 2.05) is 0 Å². The van der Waals surface area contributed by atoms with E-state index in [1.54, 1.807) is 16.6 Å². The third-order valence-corrected chi connectivity index (χ3v) is 6.16. The van der Waals surface area contributed by atoms with Crippen LogP contribution in [0.15, 0.2) is 24.5 Å². The van der Waals surface area contributed by atoms with Gasteiger partial charge in [0, 0.05) is 18.2 Å². The summed E-state index contributed by atoms with van der Waals surface area (Å²) in [6.07, 6.45) is 2.56. The predicted molar refractivity (Wildman–Crippen MR) is 94.6 cm³/mol. The maximum atomic E-state index is 14.7. The summed E-state index contributed by atoms with van der Waals surface area (Å²) in [5.41, 5.74) is 0.730. The van der Waals surface area contributed by atoms with Gasteiger partial charge in [-0.2, -0.15) is 19.6 Å². The SMILES string of the molecule is CC1C2CC1N(c1c(-c3c(F)cccc3Cl)c(Cl)nc3ncnn13)C2. The number of nitrogens with zero attached hydrogens (tertiary/aromatic N) is 5. The summed E-state index contributed by atoms with van der Waals surface area (Å²) in [5, 5.41) is 4.78. The first kappa shape index (κ1) is 15.3. The third-order valence-electron chi connectivity index (χ3n) is 5.57. The van der Waals surface area contributed by atoms with Crippen LogP contribution in [0.2, 0.25) is 10.2 Å². The number of aromatic nitrogens is 4. The Morgan fingerprint density at radius 3 is 2.76 bits per heavy atom. The van der Waals surface area contributed by atoms with Crippen LogP contribution in [0.3, 0.4) is 0 Å². The fourth-order valence-electron chi connectivity index (χ4n) is 4.16. The molecule has 25 heavy (non-hydrogen) atoms. The van der Waals surface area contributed by atoms with Crippen molar-refractivity contribution in [2.45, 2.75) is 19.4 Å². The minimum atomic E-state index is -0.434. The van der Waals surface area contributed by atoms with Crippen molar-refractivity contribution in [1.82, 2.24) is 19.6 Å². The van der Waals surface area contributed by atoms with E-state index in [9.17, 15) is 4.39 Å². The Bertz CT molecular complexity index is 984. The van der Waals surface area contributed by atoms with Gasteiger partial charge in [0.15, 0.2) is 0 Å². The third kappa shape index (κ3) is 2.04. The van der Waals surface area contributed by atoms with Crippen LogP contribution in [-0.4, -0.2) is 32.2 Å². The Balaban J connectivity index is 1.84. The average Bonchev–Trinajstić information content (AvgIpc) is 3.28. The first-order valence-corrected chi connectivity index (χ1v) is 8.92. The first-order chi connectivity index (χ1) is 12.1. The summed E-state index contributed by atoms with van der Waals surface area (Å²) in [6, 6.07) is 4.99. The second-order valence-corrected chi connectivity index (χ2v) is 7.51. The Kier molecular flexibility index (Phi) is 3.24. The lowest BCUT2D eigenvalue weighted by Crippen LogP contribution is -2.37. The normalized spacial score (nSPS) is 24.8. The van der Waals surface area contributed by atoms with E-state index in [1.165, 1.54) is 12.4 Å². The monoisotopic (exact) mass is 377 g/mol. The van der Waals surface area contributed by atoms with Crippen LogP contribution in [0.1, 0.15) is 13.3 Å². The molecule has 2 aliphatic heterocycles. The first-order valence-electron chi connectivity index (χ1n) is 8.16. The van der Waals surface area contributed by atoms with E-state index in [-0.39, 0.29) is 10.7 Å². The van der Waals surface area contributed by atoms with Crippen LogP contribution in [-0.2, 0) is 0 Å². The number of halogens is 3. The highest BCUT2D eigenvalue weighted by Gasteiger charge is 2.51. The predicted octanol–water partition coefficient (Wildman–Crippen LogP) is 4.08. The smallest absolute Gasteiger partial charge is 0.255 e. The summed E-state index contributed by atoms with van der Waals surface area (Å²) in [4.78, 5) is 10.7. The number of anilines is 1. The Morgan fingerprint density at radius 1 is 1.24 bits per heavy atom. The van der Waals surface area contributed by atoms with Gasteiger partial charge in [-0.3, -0.25) is 0 Å². The van der Waals surface area contributed by atoms with Crippen molar-refractivity contribution in [3.8, 4) is 11.1 Å². The van der Waals surface area contributed by atoms with Crippen molar-refractivity contribution in [2.75, 3.05) is 11.4 Å². The fraction of sp³-hybridized carbons (Fsp3) is 0.353. The zero-order valence-corrected chi connectivity index (χ0v) is 14.8. The van der Waals surface area contributed by atoms with Crippen LogP contribution < -0.4 is 4.90 Å². The molecule has 0 N–H and O–H groups in total. The number of rotatable bonds is 2. The number of fused-ring (bicyclic) bond motifs is 2. The van der Waals surface area contributed by atoms with Crippen LogP contribution in [0.25, 0.3) is 16.9 Å². The molecule has 0 radical (unpaired) electrons. The van der Waals surface area contributed by atoms with Crippen molar-refractivity contribution < 1.29 is 4.39 Å². The van der Waals surface area contributed by atoms with Crippen LogP contribution in [0.5, 0.6) is 0 Å². The molecule has 1 aromatic carbocycles. The van der Waals surface area contributed by atoms with Crippen molar-refractivity contribution in [3.05, 3.63) is 40.5 Å². The maximum Gasteiger partial charge on any atom is 0.255 e. The molecule has 1 saturated carbocycles. The zero-order valence-electron chi connectivity index (χ0n) is 13.3. The van der Waals surface area contributed by atoms with Gasteiger partial charge >= 0.3 is 0 Å². The Labute approximate surface area is 153 Å². The largest absolute Gasteiger partial charge is 0.352 e. The van der Waals surface area contributed by atoms with Crippen molar-refractivity contribution in [3.63, 3.8) is 0 Å². The summed E-state index contributed by atoms with van der Waals surface area (Å²) in [6.45, 7) is 3.14. The Hall–Kier alpha value is -1.92. The molecule has 1 aliphatic carbocycles. The van der Waals surface area contributed by atoms with E-state index >= 15 is 0 Å². The molecule has 5 nitrogen and oxygen atoms in total. The molecule has 2 saturated heterocycles. The molecule has 3 aromatic rings. The summed E-state index contributed by atoms with van der Waals surface area (Å²) in [7, 11) is 0. The van der Waals surface area contributed by atoms with Crippen molar-refractivity contribution >= 4 is 34.8 Å². The molecule has 2 aromatic heterocycles. The lowest BCUT2D eigenvalue weighted by molar-refractivity contribution is 0.246. The molecule has 2 bridgehead atoms. The highest BCUT2D eigenvalue weighted by Crippen LogP contribution is 2.51. The molecule has 8 heteroatoms. The number of benzene rings is 1. The van der Waals surface area contributed by atoms with Crippen LogP contribution in [0, 0.1) is 17.7 Å². The highest BCUT2D eigenvalue weighted by molar-refractivity contribution is 6.36. The van der Waals surface area contributed by atoms with Crippen molar-refractivity contribution in [2.24, 2.45) is 11.8 Å². The maximum absolute atomic E-state index is 14.7. The highest BCUT2D eigenvalue weighted by atomic mass is 35.5. The zero-order chi connectivity index (χ0) is 17.3. The molecule has 128 valence electrons. The van der Waals surface area contributed by atoms with Gasteiger partial charge in [-0.25, -0.2) is 4.39 Å². The van der Waals surface area contributed by atoms with Crippen LogP contribution in [0.4, 0.5) is 10.2 Å². The van der Waals surface area contributed by atoms with E-state index in [0.29, 0.717) is 34.2 Å². The number of hydrogen-bond acceptors (Lipinski definition) is 4. The lowest BCUT2D eigenvalue weighted by atomic mass is 9.75. The van der Waals surface area contributed by atoms with E-state index in [2.05, 4.69) is 26.9 Å². The van der Waals surface area contributed by atoms with Gasteiger partial charge in [0.2, 0.25) is 0 Å². The average molecular weight is 378 g/mol. The van der Waals surface area contributed by atoms with Gasteiger partial charge < -0.3 is 4.90 Å². The van der Waals surface area contributed by atoms with E-state index < -0.39 is 5.82 Å². The second-order valence-electron chi connectivity index (χ2n) is 6.74. The summed E-state index contributed by atoms with van der Waals surface area (Å²) in [5.74, 6) is 1.91. The standard InChI is InChI=1S/C17H14Cl2FN5/c1-8-9-5-12(8)24(6-9)16-14(13-10(18)3-2-4-11(13)20)15(19)23-17-21-7-22-25(16)17/h2-4,7-9,12H,5-6H2,1H3. The Morgan fingerprint density at radius 2 is 2.08 bits per heavy atom. The molecule has 4 heterocycles. The number of hydrogen-bond donors (Lipinski definition) is 0. The minimum absolute atomic E-state index is 0.180. The molecule has 0 amide bonds. The van der Waals surface area contributed by atoms with Gasteiger partial charge in [0.25, 0.3) is 5.78 Å². The molecule has 0 spiro atoms. The van der Waals surface area contributed by atoms with Gasteiger partial charge in [-0.1, -0.05) is 36.2 Å². The van der Waals surface area contributed by atoms with Crippen LogP contribution >= 0.6 is 23.2 Å². The van der Waals surface area contributed by atoms with Gasteiger partial charge in [-0.05, 0) is 30.4 Å². The van der Waals surface area contributed by atoms with Crippen molar-refractivity contribution in [1.29, 1.82) is 0 Å². The molecule has 3 atom stereocenters. The lowest BCUT2D eigenvalue weighted by Gasteiger charge is -2.35. The van der Waals surface area contributed by atoms with Gasteiger partial charge in [0.05, 0.1) is 10.6 Å². The molecule has 3 aliphatic rings. The van der Waals surface area contributed by atoms with E-state index in [4.69, 9.17) is 23.2 Å². The minimum Gasteiger partial charge on any atom is -0.352 e. The summed E-state index contributed by atoms with van der Waals surface area (Å²) < 4.78 is 16.3. The topological polar surface area (TPSA) is 46.3 Å². The molecule has 3 unspecified atom stereocenters. The second kappa shape index (κ2) is 5.29. The molecule has 3 fully saturated rings. The molecular formula is C17H14Cl2FN5.